The van der Waals surface area contributed by atoms with Crippen LogP contribution < -0.4 is 0 Å². The van der Waals surface area contributed by atoms with Crippen molar-refractivity contribution in [3.63, 3.8) is 0 Å². The monoisotopic (exact) mass is 161 g/mol. The van der Waals surface area contributed by atoms with Gasteiger partial charge in [-0.05, 0) is 31.6 Å². The average molecular weight is 161 g/mol. The van der Waals surface area contributed by atoms with Crippen LogP contribution in [0.25, 0.3) is 5.57 Å². The zero-order valence-corrected chi connectivity index (χ0v) is 7.29. The molecule has 0 aliphatic carbocycles. The first-order chi connectivity index (χ1) is 5.61. The summed E-state index contributed by atoms with van der Waals surface area (Å²) in [5, 5.41) is 0. The molecule has 0 aromatic carbocycles. The zero-order chi connectivity index (χ0) is 9.14. The smallest absolute Gasteiger partial charge is 0.159 e. The first-order valence-corrected chi connectivity index (χ1v) is 3.74. The molecule has 0 aliphatic heterocycles. The van der Waals surface area contributed by atoms with Crippen LogP contribution in [0.3, 0.4) is 0 Å². The van der Waals surface area contributed by atoms with Gasteiger partial charge in [0.05, 0.1) is 5.69 Å². The Kier molecular flexibility index (Phi) is 2.38. The van der Waals surface area contributed by atoms with Crippen LogP contribution in [0, 0.1) is 0 Å². The van der Waals surface area contributed by atoms with Crippen molar-refractivity contribution in [3.05, 3.63) is 36.2 Å². The lowest BCUT2D eigenvalue weighted by Crippen LogP contribution is -1.94. The van der Waals surface area contributed by atoms with E-state index in [0.717, 1.165) is 11.3 Å². The van der Waals surface area contributed by atoms with Crippen molar-refractivity contribution in [3.8, 4) is 0 Å². The lowest BCUT2D eigenvalue weighted by atomic mass is 10.1. The number of nitrogens with zero attached hydrogens (tertiary/aromatic N) is 1. The summed E-state index contributed by atoms with van der Waals surface area (Å²) < 4.78 is 0. The van der Waals surface area contributed by atoms with Gasteiger partial charge in [0, 0.05) is 11.8 Å². The van der Waals surface area contributed by atoms with E-state index < -0.39 is 0 Å². The van der Waals surface area contributed by atoms with E-state index >= 15 is 0 Å². The number of pyridine rings is 1. The van der Waals surface area contributed by atoms with Gasteiger partial charge in [0.15, 0.2) is 5.78 Å². The highest BCUT2D eigenvalue weighted by molar-refractivity contribution is 5.94. The van der Waals surface area contributed by atoms with Gasteiger partial charge in [-0.1, -0.05) is 6.58 Å². The topological polar surface area (TPSA) is 30.0 Å². The summed E-state index contributed by atoms with van der Waals surface area (Å²) >= 11 is 0. The van der Waals surface area contributed by atoms with Gasteiger partial charge in [0.2, 0.25) is 0 Å². The Morgan fingerprint density at radius 2 is 2.17 bits per heavy atom. The predicted octanol–water partition coefficient (Wildman–Crippen LogP) is 2.32. The Morgan fingerprint density at radius 1 is 1.50 bits per heavy atom. The number of carbonyl (C=O) groups excluding carboxylic acids is 1. The van der Waals surface area contributed by atoms with E-state index in [1.807, 2.05) is 6.92 Å². The number of aromatic nitrogens is 1. The molecule has 0 aliphatic rings. The van der Waals surface area contributed by atoms with Crippen molar-refractivity contribution in [2.45, 2.75) is 13.8 Å². The van der Waals surface area contributed by atoms with Crippen LogP contribution in [0.5, 0.6) is 0 Å². The highest BCUT2D eigenvalue weighted by atomic mass is 16.1. The van der Waals surface area contributed by atoms with Gasteiger partial charge in [-0.25, -0.2) is 0 Å². The number of hydrogen-bond donors (Lipinski definition) is 0. The summed E-state index contributed by atoms with van der Waals surface area (Å²) in [4.78, 5) is 15.0. The second-order valence-corrected chi connectivity index (χ2v) is 2.77. The molecule has 2 heteroatoms. The van der Waals surface area contributed by atoms with Gasteiger partial charge in [0.25, 0.3) is 0 Å². The van der Waals surface area contributed by atoms with E-state index in [1.165, 1.54) is 6.92 Å². The fourth-order valence-electron chi connectivity index (χ4n) is 0.883. The SMILES string of the molecule is C=C(C)c1cc(C(C)=O)ccn1. The first kappa shape index (κ1) is 8.65. The number of carbonyl (C=O) groups is 1. The van der Waals surface area contributed by atoms with Gasteiger partial charge in [0.1, 0.15) is 0 Å². The summed E-state index contributed by atoms with van der Waals surface area (Å²) in [6.07, 6.45) is 1.63. The third-order valence-corrected chi connectivity index (χ3v) is 1.60. The Hall–Kier alpha value is -1.44. The molecule has 0 bridgehead atoms. The minimum atomic E-state index is 0.0555. The summed E-state index contributed by atoms with van der Waals surface area (Å²) in [5.41, 5.74) is 2.34. The maximum atomic E-state index is 11.0. The molecule has 0 spiro atoms. The number of allylic oxidation sites excluding steroid dienone is 1. The van der Waals surface area contributed by atoms with Gasteiger partial charge in [-0.3, -0.25) is 9.78 Å². The maximum absolute atomic E-state index is 11.0. The van der Waals surface area contributed by atoms with Crippen molar-refractivity contribution < 1.29 is 4.79 Å². The highest BCUT2D eigenvalue weighted by Crippen LogP contribution is 2.10. The number of hydrogen-bond acceptors (Lipinski definition) is 2. The largest absolute Gasteiger partial charge is 0.295 e. The van der Waals surface area contributed by atoms with Crippen LogP contribution in [-0.2, 0) is 0 Å². The van der Waals surface area contributed by atoms with Crippen LogP contribution in [0.4, 0.5) is 0 Å². The summed E-state index contributed by atoms with van der Waals surface area (Å²) in [7, 11) is 0. The molecule has 1 rings (SSSR count). The van der Waals surface area contributed by atoms with Crippen molar-refractivity contribution in [2.75, 3.05) is 0 Å². The molecule has 1 heterocycles. The van der Waals surface area contributed by atoms with E-state index in [2.05, 4.69) is 11.6 Å². The normalized spacial score (nSPS) is 9.50. The molecule has 1 aromatic rings. The Bertz CT molecular complexity index is 299. The van der Waals surface area contributed by atoms with Gasteiger partial charge < -0.3 is 0 Å². The number of ketones is 1. The Labute approximate surface area is 71.9 Å². The third-order valence-electron chi connectivity index (χ3n) is 1.60. The molecule has 1 aromatic heterocycles. The van der Waals surface area contributed by atoms with Crippen LogP contribution in [0.15, 0.2) is 24.9 Å². The summed E-state index contributed by atoms with van der Waals surface area (Å²) in [6.45, 7) is 7.16. The quantitative estimate of drug-likeness (QED) is 0.623. The molecular weight excluding hydrogens is 150 g/mol. The molecule has 0 unspecified atom stereocenters. The van der Waals surface area contributed by atoms with E-state index in [1.54, 1.807) is 18.3 Å². The summed E-state index contributed by atoms with van der Waals surface area (Å²) in [6, 6.07) is 3.46. The van der Waals surface area contributed by atoms with E-state index in [9.17, 15) is 4.79 Å². The molecular formula is C10H11NO. The lowest BCUT2D eigenvalue weighted by molar-refractivity contribution is 0.101. The van der Waals surface area contributed by atoms with Crippen molar-refractivity contribution in [1.29, 1.82) is 0 Å². The minimum Gasteiger partial charge on any atom is -0.295 e. The molecule has 0 fully saturated rings. The highest BCUT2D eigenvalue weighted by Gasteiger charge is 2.00. The zero-order valence-electron chi connectivity index (χ0n) is 7.29. The van der Waals surface area contributed by atoms with Crippen molar-refractivity contribution in [1.82, 2.24) is 4.98 Å². The average Bonchev–Trinajstić information content (AvgIpc) is 2.04. The molecule has 0 amide bonds. The fraction of sp³-hybridized carbons (Fsp3) is 0.200. The molecule has 0 radical (unpaired) electrons. The molecule has 0 saturated heterocycles. The second-order valence-electron chi connectivity index (χ2n) is 2.77. The second kappa shape index (κ2) is 3.30. The summed E-state index contributed by atoms with van der Waals surface area (Å²) in [5.74, 6) is 0.0555. The molecule has 0 saturated carbocycles. The van der Waals surface area contributed by atoms with Gasteiger partial charge >= 0.3 is 0 Å². The first-order valence-electron chi connectivity index (χ1n) is 3.74. The lowest BCUT2D eigenvalue weighted by Gasteiger charge is -1.99. The molecule has 62 valence electrons. The Balaban J connectivity index is 3.12. The Morgan fingerprint density at radius 3 is 2.67 bits per heavy atom. The van der Waals surface area contributed by atoms with Crippen molar-refractivity contribution in [2.24, 2.45) is 0 Å². The van der Waals surface area contributed by atoms with E-state index in [4.69, 9.17) is 0 Å². The maximum Gasteiger partial charge on any atom is 0.159 e. The fourth-order valence-corrected chi connectivity index (χ4v) is 0.883. The van der Waals surface area contributed by atoms with Crippen LogP contribution in [0.1, 0.15) is 29.9 Å². The standard InChI is InChI=1S/C10H11NO/c1-7(2)10-6-9(8(3)12)4-5-11-10/h4-6H,1H2,2-3H3. The van der Waals surface area contributed by atoms with Crippen molar-refractivity contribution >= 4 is 11.4 Å². The molecule has 0 N–H and O–H groups in total. The minimum absolute atomic E-state index is 0.0555. The molecule has 0 atom stereocenters. The van der Waals surface area contributed by atoms with Gasteiger partial charge in [-0.2, -0.15) is 0 Å². The van der Waals surface area contributed by atoms with Crippen LogP contribution in [-0.4, -0.2) is 10.8 Å². The van der Waals surface area contributed by atoms with Crippen LogP contribution in [0.2, 0.25) is 0 Å². The number of Topliss-reactive ketones (excluding diaryl/α,β-unsaturated/α-hetero) is 1. The predicted molar refractivity (Wildman–Crippen MR) is 48.9 cm³/mol. The molecule has 12 heavy (non-hydrogen) atoms. The van der Waals surface area contributed by atoms with Gasteiger partial charge in [-0.15, -0.1) is 0 Å². The third kappa shape index (κ3) is 1.78. The molecule has 2 nitrogen and oxygen atoms in total. The number of rotatable bonds is 2. The van der Waals surface area contributed by atoms with Crippen LogP contribution >= 0.6 is 0 Å². The van der Waals surface area contributed by atoms with E-state index in [0.29, 0.717) is 5.56 Å². The van der Waals surface area contributed by atoms with E-state index in [-0.39, 0.29) is 5.78 Å².